The first kappa shape index (κ1) is 13.6. The van der Waals surface area contributed by atoms with Gasteiger partial charge >= 0.3 is 0 Å². The summed E-state index contributed by atoms with van der Waals surface area (Å²) in [5.74, 6) is -0.268. The maximum absolute atomic E-state index is 13.1. The Hall–Kier alpha value is -0.850. The van der Waals surface area contributed by atoms with Gasteiger partial charge in [-0.15, -0.1) is 5.10 Å². The summed E-state index contributed by atoms with van der Waals surface area (Å²) in [6, 6.07) is 4.99. The van der Waals surface area contributed by atoms with Gasteiger partial charge in [0.15, 0.2) is 0 Å². The zero-order valence-electron chi connectivity index (χ0n) is 10.1. The van der Waals surface area contributed by atoms with Crippen LogP contribution in [0.4, 0.5) is 4.39 Å². The number of hydrogen-bond donors (Lipinski definition) is 1. The number of halogens is 2. The molecule has 6 heteroatoms. The molecule has 2 aromatic rings. The summed E-state index contributed by atoms with van der Waals surface area (Å²) in [5.41, 5.74) is 1.67. The fourth-order valence-corrected chi connectivity index (χ4v) is 2.65. The Morgan fingerprint density at radius 3 is 2.89 bits per heavy atom. The van der Waals surface area contributed by atoms with E-state index in [1.54, 1.807) is 6.07 Å². The van der Waals surface area contributed by atoms with Crippen LogP contribution >= 0.6 is 27.5 Å². The van der Waals surface area contributed by atoms with E-state index in [-0.39, 0.29) is 5.82 Å². The highest BCUT2D eigenvalue weighted by Crippen LogP contribution is 2.31. The summed E-state index contributed by atoms with van der Waals surface area (Å²) in [6.45, 7) is 4.89. The first-order chi connectivity index (χ1) is 8.58. The van der Waals surface area contributed by atoms with Gasteiger partial charge in [0.05, 0.1) is 4.88 Å². The van der Waals surface area contributed by atoms with Crippen LogP contribution in [0.1, 0.15) is 18.7 Å². The summed E-state index contributed by atoms with van der Waals surface area (Å²) in [4.78, 5) is 1.05. The van der Waals surface area contributed by atoms with Gasteiger partial charge in [0.25, 0.3) is 0 Å². The predicted octanol–water partition coefficient (Wildman–Crippen LogP) is 3.60. The molecule has 2 rings (SSSR count). The Bertz CT molecular complexity index is 542. The van der Waals surface area contributed by atoms with Crippen LogP contribution in [0, 0.1) is 5.82 Å². The molecule has 0 atom stereocenters. The molecule has 1 heterocycles. The highest BCUT2D eigenvalue weighted by Gasteiger charge is 2.13. The van der Waals surface area contributed by atoms with E-state index < -0.39 is 0 Å². The smallest absolute Gasteiger partial charge is 0.124 e. The molecule has 0 amide bonds. The summed E-state index contributed by atoms with van der Waals surface area (Å²) < 4.78 is 17.7. The average Bonchev–Trinajstić information content (AvgIpc) is 2.74. The number of aromatic nitrogens is 2. The topological polar surface area (TPSA) is 37.8 Å². The Balaban J connectivity index is 2.30. The Labute approximate surface area is 118 Å². The van der Waals surface area contributed by atoms with Crippen LogP contribution in [0.25, 0.3) is 11.3 Å². The van der Waals surface area contributed by atoms with E-state index >= 15 is 0 Å². The van der Waals surface area contributed by atoms with Crippen LogP contribution in [-0.4, -0.2) is 15.6 Å². The molecule has 0 unspecified atom stereocenters. The summed E-state index contributed by atoms with van der Waals surface area (Å²) in [7, 11) is 0. The third kappa shape index (κ3) is 3.13. The van der Waals surface area contributed by atoms with Crippen molar-refractivity contribution in [2.75, 3.05) is 0 Å². The molecule has 0 aliphatic carbocycles. The van der Waals surface area contributed by atoms with E-state index in [0.29, 0.717) is 17.1 Å². The van der Waals surface area contributed by atoms with E-state index in [0.717, 1.165) is 16.1 Å². The molecule has 0 spiro atoms. The number of nitrogens with one attached hydrogen (secondary N) is 1. The van der Waals surface area contributed by atoms with Gasteiger partial charge in [-0.25, -0.2) is 4.39 Å². The average molecular weight is 330 g/mol. The lowest BCUT2D eigenvalue weighted by molar-refractivity contribution is 0.593. The maximum Gasteiger partial charge on any atom is 0.124 e. The van der Waals surface area contributed by atoms with Crippen molar-refractivity contribution < 1.29 is 4.39 Å². The van der Waals surface area contributed by atoms with Gasteiger partial charge in [-0.2, -0.15) is 0 Å². The molecule has 0 bridgehead atoms. The monoisotopic (exact) mass is 329 g/mol. The van der Waals surface area contributed by atoms with Crippen molar-refractivity contribution in [3.05, 3.63) is 33.4 Å². The minimum atomic E-state index is -0.268. The van der Waals surface area contributed by atoms with Crippen LogP contribution in [0.3, 0.4) is 0 Å². The van der Waals surface area contributed by atoms with Crippen LogP contribution in [-0.2, 0) is 6.54 Å². The normalized spacial score (nSPS) is 11.2. The molecule has 0 fully saturated rings. The van der Waals surface area contributed by atoms with E-state index in [4.69, 9.17) is 0 Å². The van der Waals surface area contributed by atoms with Crippen molar-refractivity contribution in [1.29, 1.82) is 0 Å². The van der Waals surface area contributed by atoms with Crippen LogP contribution in [0.2, 0.25) is 0 Å². The molecule has 0 aliphatic rings. The van der Waals surface area contributed by atoms with Gasteiger partial charge in [-0.3, -0.25) is 0 Å². The lowest BCUT2D eigenvalue weighted by Crippen LogP contribution is -2.21. The number of rotatable bonds is 4. The predicted molar refractivity (Wildman–Crippen MR) is 75.0 cm³/mol. The van der Waals surface area contributed by atoms with Gasteiger partial charge in [-0.1, -0.05) is 18.3 Å². The van der Waals surface area contributed by atoms with Crippen molar-refractivity contribution in [3.8, 4) is 11.3 Å². The molecular weight excluding hydrogens is 317 g/mol. The van der Waals surface area contributed by atoms with Gasteiger partial charge in [0.1, 0.15) is 11.5 Å². The Morgan fingerprint density at radius 1 is 1.44 bits per heavy atom. The van der Waals surface area contributed by atoms with Crippen molar-refractivity contribution >= 4 is 27.5 Å². The SMILES string of the molecule is CC(C)NCc1snnc1-c1ccc(F)cc1Br. The molecule has 3 nitrogen and oxygen atoms in total. The minimum Gasteiger partial charge on any atom is -0.310 e. The second-order valence-corrected chi connectivity index (χ2v) is 5.90. The van der Waals surface area contributed by atoms with Gasteiger partial charge in [0.2, 0.25) is 0 Å². The molecule has 0 saturated heterocycles. The molecule has 96 valence electrons. The first-order valence-electron chi connectivity index (χ1n) is 5.58. The third-order valence-electron chi connectivity index (χ3n) is 2.41. The molecule has 0 aliphatic heterocycles. The van der Waals surface area contributed by atoms with Gasteiger partial charge in [-0.05, 0) is 45.7 Å². The fourth-order valence-electron chi connectivity index (χ4n) is 1.51. The lowest BCUT2D eigenvalue weighted by Gasteiger charge is -2.08. The number of nitrogens with zero attached hydrogens (tertiary/aromatic N) is 2. The highest BCUT2D eigenvalue weighted by atomic mass is 79.9. The molecule has 0 saturated carbocycles. The van der Waals surface area contributed by atoms with E-state index in [1.807, 2.05) is 0 Å². The van der Waals surface area contributed by atoms with Gasteiger partial charge < -0.3 is 5.32 Å². The van der Waals surface area contributed by atoms with Gasteiger partial charge in [0, 0.05) is 22.6 Å². The minimum absolute atomic E-state index is 0.268. The number of benzene rings is 1. The van der Waals surface area contributed by atoms with Crippen molar-refractivity contribution in [3.63, 3.8) is 0 Å². The molecule has 1 aromatic carbocycles. The fraction of sp³-hybridized carbons (Fsp3) is 0.333. The van der Waals surface area contributed by atoms with Crippen molar-refractivity contribution in [2.24, 2.45) is 0 Å². The molecule has 0 radical (unpaired) electrons. The van der Waals surface area contributed by atoms with Crippen molar-refractivity contribution in [1.82, 2.24) is 14.9 Å². The van der Waals surface area contributed by atoms with Crippen LogP contribution < -0.4 is 5.32 Å². The third-order valence-corrected chi connectivity index (χ3v) is 3.79. The quantitative estimate of drug-likeness (QED) is 0.931. The molecular formula is C12H13BrFN3S. The Kier molecular flexibility index (Phi) is 4.42. The standard InChI is InChI=1S/C12H13BrFN3S/c1-7(2)15-6-11-12(16-17-18-11)9-4-3-8(14)5-10(9)13/h3-5,7,15H,6H2,1-2H3. The zero-order chi connectivity index (χ0) is 13.1. The molecule has 1 N–H and O–H groups in total. The highest BCUT2D eigenvalue weighted by molar-refractivity contribution is 9.10. The second-order valence-electron chi connectivity index (χ2n) is 4.20. The van der Waals surface area contributed by atoms with E-state index in [2.05, 4.69) is 44.7 Å². The van der Waals surface area contributed by atoms with E-state index in [9.17, 15) is 4.39 Å². The van der Waals surface area contributed by atoms with Crippen LogP contribution in [0.15, 0.2) is 22.7 Å². The van der Waals surface area contributed by atoms with Crippen LogP contribution in [0.5, 0.6) is 0 Å². The number of hydrogen-bond acceptors (Lipinski definition) is 4. The summed E-state index contributed by atoms with van der Waals surface area (Å²) in [6.07, 6.45) is 0. The lowest BCUT2D eigenvalue weighted by atomic mass is 10.1. The zero-order valence-corrected chi connectivity index (χ0v) is 12.5. The maximum atomic E-state index is 13.1. The largest absolute Gasteiger partial charge is 0.310 e. The summed E-state index contributed by atoms with van der Waals surface area (Å²) in [5, 5.41) is 7.46. The van der Waals surface area contributed by atoms with E-state index in [1.165, 1.54) is 23.7 Å². The molecule has 1 aromatic heterocycles. The molecule has 18 heavy (non-hydrogen) atoms. The second kappa shape index (κ2) is 5.86. The summed E-state index contributed by atoms with van der Waals surface area (Å²) >= 11 is 4.72. The van der Waals surface area contributed by atoms with Crippen molar-refractivity contribution in [2.45, 2.75) is 26.4 Å². The first-order valence-corrected chi connectivity index (χ1v) is 7.14. The Morgan fingerprint density at radius 2 is 2.22 bits per heavy atom.